The largest absolute Gasteiger partial charge is 0.394 e. The van der Waals surface area contributed by atoms with Crippen LogP contribution in [0.3, 0.4) is 0 Å². The van der Waals surface area contributed by atoms with E-state index in [9.17, 15) is 66.4 Å². The first-order valence-corrected chi connectivity index (χ1v) is 26.5. The Labute approximate surface area is 423 Å². The van der Waals surface area contributed by atoms with Crippen LogP contribution in [0, 0.1) is 34.5 Å². The van der Waals surface area contributed by atoms with Gasteiger partial charge in [0.15, 0.2) is 30.9 Å². The number of hydrogen-bond donors (Lipinski definition) is 13. The summed E-state index contributed by atoms with van der Waals surface area (Å²) in [6.07, 6.45) is -25.8. The minimum absolute atomic E-state index is 0.0355. The summed E-state index contributed by atoms with van der Waals surface area (Å²) < 4.78 is 62.7. The molecule has 10 rings (SSSR count). The first-order valence-electron chi connectivity index (χ1n) is 26.5. The molecular formula is C50H80O23. The molecule has 9 fully saturated rings. The van der Waals surface area contributed by atoms with Gasteiger partial charge in [-0.3, -0.25) is 0 Å². The minimum atomic E-state index is -1.96. The summed E-state index contributed by atoms with van der Waals surface area (Å²) in [7, 11) is 0. The summed E-state index contributed by atoms with van der Waals surface area (Å²) in [6.45, 7) is 8.24. The number of ether oxygens (including phenoxy) is 10. The summed E-state index contributed by atoms with van der Waals surface area (Å²) in [6, 6.07) is 0. The smallest absolute Gasteiger partial charge is 0.187 e. The van der Waals surface area contributed by atoms with Crippen molar-refractivity contribution in [3.63, 3.8) is 0 Å². The normalized spacial score (nSPS) is 58.2. The van der Waals surface area contributed by atoms with Crippen LogP contribution < -0.4 is 0 Å². The summed E-state index contributed by atoms with van der Waals surface area (Å²) in [5, 5.41) is 144. The molecule has 13 N–H and O–H groups in total. The Morgan fingerprint density at radius 1 is 0.616 bits per heavy atom. The van der Waals surface area contributed by atoms with E-state index >= 15 is 0 Å². The van der Waals surface area contributed by atoms with Crippen LogP contribution in [0.1, 0.15) is 92.4 Å². The lowest BCUT2D eigenvalue weighted by Gasteiger charge is -2.63. The van der Waals surface area contributed by atoms with E-state index in [0.717, 1.165) is 18.4 Å². The van der Waals surface area contributed by atoms with Crippen molar-refractivity contribution in [2.45, 2.75) is 238 Å². The summed E-state index contributed by atoms with van der Waals surface area (Å²) in [4.78, 5) is 0. The van der Waals surface area contributed by atoms with Crippen LogP contribution in [0.15, 0.2) is 11.6 Å². The molecule has 0 bridgehead atoms. The van der Waals surface area contributed by atoms with Crippen molar-refractivity contribution in [1.82, 2.24) is 0 Å². The molecule has 0 unspecified atom stereocenters. The van der Waals surface area contributed by atoms with Gasteiger partial charge in [-0.2, -0.15) is 0 Å². The van der Waals surface area contributed by atoms with Crippen LogP contribution in [-0.2, 0) is 47.4 Å². The van der Waals surface area contributed by atoms with E-state index in [-0.39, 0.29) is 24.2 Å². The van der Waals surface area contributed by atoms with Gasteiger partial charge in [-0.25, -0.2) is 0 Å². The highest BCUT2D eigenvalue weighted by Crippen LogP contribution is 2.73. The SMILES string of the molecule is C[C@@H]1CC[C@@]2(OC1)O[C@@H]1C[C@@]3(O)[C@@H]4CC=C5C[C@H](O[C@@H]6O[C@H](CO)[C@@H](O[C@@H]7O[C@H](CO)[C@@H](O)[C@H](O)[C@H]7O)[C@H](O[C@@H]7OC[C@@H](O)[C@H](O)[C@H]7O)[C@H]6O[C@@H]6O[C@@H](C)[C@H](O)[C@@H](O)[C@H]6O)CC[C@@]5(C)[C@H]4CC[C@@]3(C)[C@@]1(O)[C@@H]2C. The molecule has 1 spiro atoms. The molecule has 0 aromatic carbocycles. The fourth-order valence-corrected chi connectivity index (χ4v) is 15.1. The van der Waals surface area contributed by atoms with Crippen LogP contribution in [0.2, 0.25) is 0 Å². The van der Waals surface area contributed by atoms with Crippen molar-refractivity contribution in [3.05, 3.63) is 11.6 Å². The molecule has 0 aromatic heterocycles. The van der Waals surface area contributed by atoms with Gasteiger partial charge in [0.1, 0.15) is 91.1 Å². The van der Waals surface area contributed by atoms with Crippen LogP contribution in [0.5, 0.6) is 0 Å². The van der Waals surface area contributed by atoms with Crippen LogP contribution in [0.25, 0.3) is 0 Å². The highest BCUT2D eigenvalue weighted by molar-refractivity contribution is 5.33. The van der Waals surface area contributed by atoms with Crippen LogP contribution in [0.4, 0.5) is 0 Å². The third-order valence-electron chi connectivity index (χ3n) is 19.8. The third kappa shape index (κ3) is 8.66. The van der Waals surface area contributed by atoms with Crippen molar-refractivity contribution in [2.75, 3.05) is 26.4 Å². The minimum Gasteiger partial charge on any atom is -0.394 e. The van der Waals surface area contributed by atoms with Crippen LogP contribution in [-0.4, -0.2) is 239 Å². The highest BCUT2D eigenvalue weighted by Gasteiger charge is 2.81. The van der Waals surface area contributed by atoms with Gasteiger partial charge < -0.3 is 114 Å². The average Bonchev–Trinajstić information content (AvgIpc) is 3.68. The van der Waals surface area contributed by atoms with Gasteiger partial charge in [0.2, 0.25) is 0 Å². The maximum atomic E-state index is 13.1. The zero-order valence-electron chi connectivity index (χ0n) is 42.1. The van der Waals surface area contributed by atoms with E-state index < -0.39 is 177 Å². The second-order valence-electron chi connectivity index (χ2n) is 23.7. The number of aliphatic hydroxyl groups is 13. The Morgan fingerprint density at radius 3 is 1.95 bits per heavy atom. The first kappa shape index (κ1) is 55.1. The van der Waals surface area contributed by atoms with Gasteiger partial charge in [0, 0.05) is 24.2 Å². The van der Waals surface area contributed by atoms with Gasteiger partial charge in [-0.15, -0.1) is 0 Å². The number of allylic oxidation sites excluding steroid dienone is 1. The molecule has 0 radical (unpaired) electrons. The number of aliphatic hydroxyl groups excluding tert-OH is 11. The molecule has 6 aliphatic heterocycles. The van der Waals surface area contributed by atoms with Gasteiger partial charge in [0.25, 0.3) is 0 Å². The molecule has 6 saturated heterocycles. The molecule has 23 heteroatoms. The molecular weight excluding hydrogens is 969 g/mol. The zero-order valence-corrected chi connectivity index (χ0v) is 42.1. The number of fused-ring (bicyclic) bond motifs is 7. The molecule has 73 heavy (non-hydrogen) atoms. The van der Waals surface area contributed by atoms with Gasteiger partial charge in [-0.1, -0.05) is 39.3 Å². The lowest BCUT2D eigenvalue weighted by atomic mass is 9.44. The van der Waals surface area contributed by atoms with Gasteiger partial charge in [0.05, 0.1) is 50.3 Å². The van der Waals surface area contributed by atoms with E-state index in [1.807, 2.05) is 13.8 Å². The third-order valence-corrected chi connectivity index (χ3v) is 19.8. The van der Waals surface area contributed by atoms with Gasteiger partial charge in [-0.05, 0) is 75.0 Å². The predicted octanol–water partition coefficient (Wildman–Crippen LogP) is -3.09. The molecule has 418 valence electrons. The highest BCUT2D eigenvalue weighted by atomic mass is 16.8. The van der Waals surface area contributed by atoms with Crippen LogP contribution >= 0.6 is 0 Å². The van der Waals surface area contributed by atoms with Crippen molar-refractivity contribution in [2.24, 2.45) is 34.5 Å². The van der Waals surface area contributed by atoms with Crippen molar-refractivity contribution in [3.8, 4) is 0 Å². The number of hydrogen-bond acceptors (Lipinski definition) is 23. The molecule has 0 aromatic rings. The lowest BCUT2D eigenvalue weighted by molar-refractivity contribution is -0.407. The van der Waals surface area contributed by atoms with E-state index in [2.05, 4.69) is 19.9 Å². The summed E-state index contributed by atoms with van der Waals surface area (Å²) in [5.74, 6) is -1.02. The fraction of sp³-hybridized carbons (Fsp3) is 0.960. The van der Waals surface area contributed by atoms with E-state index in [4.69, 9.17) is 47.4 Å². The average molecular weight is 1050 g/mol. The molecule has 30 atom stereocenters. The first-order chi connectivity index (χ1) is 34.5. The van der Waals surface area contributed by atoms with Crippen molar-refractivity contribution >= 4 is 0 Å². The number of rotatable bonds is 10. The van der Waals surface area contributed by atoms with E-state index in [1.54, 1.807) is 0 Å². The standard InChI is InChI=1S/C50H80O23/c1-20-8-13-49(65-18-20)22(3)50(63)30(73-49)15-48(62)26-7-6-23-14-24(9-11-46(23,4)25(26)10-12-47(48,50)5)67-45-41(72-43-37(60)34(57)31(54)21(2)66-43)40(71-42-36(59)32(55)27(53)19-64-42)39(29(17-52)69-45)70-44-38(61)35(58)33(56)28(16-51)68-44/h6,20-22,24-45,51-63H,7-19H2,1-5H3/t20-,21+,22-,24-,25+,26-,27-,28-,29-,30-,31+,32+,33-,34-,35+,36-,37-,38-,39-,40+,41-,42+,43+,44+,45-,46-,47-,48-,49-,50-/m1/s1. The van der Waals surface area contributed by atoms with Crippen molar-refractivity contribution in [1.29, 1.82) is 0 Å². The Kier molecular flexibility index (Phi) is 15.2. The lowest BCUT2D eigenvalue weighted by Crippen LogP contribution is -2.68. The predicted molar refractivity (Wildman–Crippen MR) is 244 cm³/mol. The Hall–Kier alpha value is -1.18. The summed E-state index contributed by atoms with van der Waals surface area (Å²) >= 11 is 0. The second kappa shape index (κ2) is 20.2. The molecule has 23 nitrogen and oxygen atoms in total. The topological polar surface area (TPSA) is 355 Å². The van der Waals surface area contributed by atoms with E-state index in [0.29, 0.717) is 51.0 Å². The Morgan fingerprint density at radius 2 is 1.26 bits per heavy atom. The molecule has 6 heterocycles. The van der Waals surface area contributed by atoms with Gasteiger partial charge >= 0.3 is 0 Å². The Bertz CT molecular complexity index is 1980. The molecule has 3 saturated carbocycles. The second-order valence-corrected chi connectivity index (χ2v) is 23.7. The van der Waals surface area contributed by atoms with Crippen molar-refractivity contribution < 1.29 is 114 Å². The molecule has 4 aliphatic carbocycles. The Balaban J connectivity index is 0.938. The molecule has 10 aliphatic rings. The summed E-state index contributed by atoms with van der Waals surface area (Å²) in [5.41, 5.74) is -2.73. The quantitative estimate of drug-likeness (QED) is 0.0965. The zero-order chi connectivity index (χ0) is 52.5. The molecule has 0 amide bonds. The maximum absolute atomic E-state index is 13.1. The van der Waals surface area contributed by atoms with E-state index in [1.165, 1.54) is 6.92 Å². The fourth-order valence-electron chi connectivity index (χ4n) is 15.1. The monoisotopic (exact) mass is 1050 g/mol. The maximum Gasteiger partial charge on any atom is 0.187 e.